The average molecular weight is 341 g/mol. The molecule has 0 amide bonds. The van der Waals surface area contributed by atoms with E-state index >= 15 is 0 Å². The summed E-state index contributed by atoms with van der Waals surface area (Å²) in [6.07, 6.45) is 1.97. The summed E-state index contributed by atoms with van der Waals surface area (Å²) in [6, 6.07) is 15.5. The summed E-state index contributed by atoms with van der Waals surface area (Å²) in [5.74, 6) is 0.308. The first-order valence-corrected chi connectivity index (χ1v) is 8.47. The van der Waals surface area contributed by atoms with Gasteiger partial charge in [-0.15, -0.1) is 0 Å². The number of H-pyrrole nitrogens is 1. The van der Waals surface area contributed by atoms with E-state index in [1.165, 1.54) is 11.1 Å². The SMILES string of the molecule is Oc1ccc(N2CCN(c3cc[nH+]c4cc(Cl)ccc34)CC2)cc1. The van der Waals surface area contributed by atoms with Gasteiger partial charge < -0.3 is 14.9 Å². The minimum atomic E-state index is 0.308. The third-order valence-electron chi connectivity index (χ3n) is 4.57. The zero-order chi connectivity index (χ0) is 16.5. The molecule has 4 rings (SSSR count). The molecule has 1 aliphatic heterocycles. The smallest absolute Gasteiger partial charge is 0.214 e. The van der Waals surface area contributed by atoms with Gasteiger partial charge >= 0.3 is 0 Å². The van der Waals surface area contributed by atoms with Crippen molar-refractivity contribution in [2.75, 3.05) is 36.0 Å². The van der Waals surface area contributed by atoms with Gasteiger partial charge in [0.25, 0.3) is 0 Å². The summed E-state index contributed by atoms with van der Waals surface area (Å²) in [5.41, 5.74) is 3.46. The first-order chi connectivity index (χ1) is 11.7. The summed E-state index contributed by atoms with van der Waals surface area (Å²) in [6.45, 7) is 3.84. The van der Waals surface area contributed by atoms with Crippen molar-refractivity contribution in [1.29, 1.82) is 0 Å². The van der Waals surface area contributed by atoms with Crippen LogP contribution < -0.4 is 14.8 Å². The Kier molecular flexibility index (Phi) is 3.90. The van der Waals surface area contributed by atoms with E-state index in [4.69, 9.17) is 11.6 Å². The Bertz CT molecular complexity index is 858. The molecule has 24 heavy (non-hydrogen) atoms. The van der Waals surface area contributed by atoms with E-state index < -0.39 is 0 Å². The van der Waals surface area contributed by atoms with Crippen LogP contribution in [0.25, 0.3) is 10.9 Å². The minimum Gasteiger partial charge on any atom is -0.508 e. The number of aromatic nitrogens is 1. The predicted octanol–water partition coefficient (Wildman–Crippen LogP) is 3.34. The highest BCUT2D eigenvalue weighted by Gasteiger charge is 2.20. The number of rotatable bonds is 2. The van der Waals surface area contributed by atoms with Crippen molar-refractivity contribution < 1.29 is 10.1 Å². The van der Waals surface area contributed by atoms with Crippen molar-refractivity contribution in [3.05, 3.63) is 59.8 Å². The molecule has 0 atom stereocenters. The van der Waals surface area contributed by atoms with Gasteiger partial charge in [0, 0.05) is 49.0 Å². The van der Waals surface area contributed by atoms with Gasteiger partial charge in [-0.25, -0.2) is 4.98 Å². The Morgan fingerprint density at radius 3 is 2.33 bits per heavy atom. The second-order valence-corrected chi connectivity index (χ2v) is 6.48. The number of aromatic amines is 1. The van der Waals surface area contributed by atoms with E-state index in [9.17, 15) is 5.11 Å². The number of anilines is 2. The van der Waals surface area contributed by atoms with Crippen LogP contribution in [-0.4, -0.2) is 31.3 Å². The van der Waals surface area contributed by atoms with Crippen LogP contribution in [0.2, 0.25) is 5.02 Å². The maximum atomic E-state index is 9.43. The van der Waals surface area contributed by atoms with E-state index in [-0.39, 0.29) is 0 Å². The van der Waals surface area contributed by atoms with E-state index in [0.717, 1.165) is 42.4 Å². The Labute approximate surface area is 145 Å². The molecule has 2 N–H and O–H groups in total. The zero-order valence-electron chi connectivity index (χ0n) is 13.2. The Morgan fingerprint density at radius 1 is 0.875 bits per heavy atom. The molecule has 2 heterocycles. The highest BCUT2D eigenvalue weighted by atomic mass is 35.5. The molecule has 1 aromatic heterocycles. The topological polar surface area (TPSA) is 40.9 Å². The van der Waals surface area contributed by atoms with Crippen molar-refractivity contribution in [3.63, 3.8) is 0 Å². The minimum absolute atomic E-state index is 0.308. The predicted molar refractivity (Wildman–Crippen MR) is 98.0 cm³/mol. The van der Waals surface area contributed by atoms with Crippen molar-refractivity contribution >= 4 is 33.9 Å². The molecule has 4 nitrogen and oxygen atoms in total. The normalized spacial score (nSPS) is 15.0. The average Bonchev–Trinajstić information content (AvgIpc) is 2.62. The molecule has 0 radical (unpaired) electrons. The number of hydrogen-bond donors (Lipinski definition) is 1. The second-order valence-electron chi connectivity index (χ2n) is 6.04. The van der Waals surface area contributed by atoms with Gasteiger partial charge in [-0.3, -0.25) is 0 Å². The van der Waals surface area contributed by atoms with Crippen molar-refractivity contribution in [2.24, 2.45) is 0 Å². The summed E-state index contributed by atoms with van der Waals surface area (Å²) in [4.78, 5) is 8.03. The molecule has 5 heteroatoms. The van der Waals surface area contributed by atoms with Gasteiger partial charge in [0.2, 0.25) is 5.52 Å². The third kappa shape index (κ3) is 2.85. The largest absolute Gasteiger partial charge is 0.508 e. The van der Waals surface area contributed by atoms with Crippen LogP contribution in [-0.2, 0) is 0 Å². The van der Waals surface area contributed by atoms with Gasteiger partial charge in [-0.2, -0.15) is 0 Å². The molecule has 3 aromatic rings. The highest BCUT2D eigenvalue weighted by molar-refractivity contribution is 6.31. The standard InChI is InChI=1S/C19H18ClN3O/c20-14-1-6-17-18(13-14)21-8-7-19(17)23-11-9-22(10-12-23)15-2-4-16(24)5-3-15/h1-8,13,24H,9-12H2/p+1. The molecule has 0 unspecified atom stereocenters. The van der Waals surface area contributed by atoms with E-state index in [0.29, 0.717) is 5.75 Å². The number of benzene rings is 2. The molecule has 0 saturated carbocycles. The molecule has 2 aromatic carbocycles. The summed E-state index contributed by atoms with van der Waals surface area (Å²) >= 11 is 6.10. The van der Waals surface area contributed by atoms with E-state index in [1.807, 2.05) is 30.5 Å². The Balaban J connectivity index is 1.55. The maximum absolute atomic E-state index is 9.43. The number of hydrogen-bond acceptors (Lipinski definition) is 3. The number of phenols is 1. The van der Waals surface area contributed by atoms with E-state index in [1.54, 1.807) is 12.1 Å². The Hall–Kier alpha value is -2.46. The van der Waals surface area contributed by atoms with Gasteiger partial charge in [-0.05, 0) is 36.4 Å². The highest BCUT2D eigenvalue weighted by Crippen LogP contribution is 2.28. The lowest BCUT2D eigenvalue weighted by molar-refractivity contribution is -0.344. The van der Waals surface area contributed by atoms with Crippen LogP contribution in [0.3, 0.4) is 0 Å². The van der Waals surface area contributed by atoms with Crippen LogP contribution in [0.15, 0.2) is 54.7 Å². The molecule has 122 valence electrons. The molecular weight excluding hydrogens is 322 g/mol. The zero-order valence-corrected chi connectivity index (χ0v) is 14.0. The molecule has 0 aliphatic carbocycles. The van der Waals surface area contributed by atoms with Gasteiger partial charge in [0.05, 0.1) is 11.1 Å². The third-order valence-corrected chi connectivity index (χ3v) is 4.81. The second kappa shape index (κ2) is 6.21. The number of nitrogens with zero attached hydrogens (tertiary/aromatic N) is 2. The first kappa shape index (κ1) is 15.1. The fraction of sp³-hybridized carbons (Fsp3) is 0.211. The van der Waals surface area contributed by atoms with Crippen molar-refractivity contribution in [2.45, 2.75) is 0 Å². The lowest BCUT2D eigenvalue weighted by Gasteiger charge is -2.37. The van der Waals surface area contributed by atoms with Crippen LogP contribution in [0.4, 0.5) is 11.4 Å². The maximum Gasteiger partial charge on any atom is 0.214 e. The number of fused-ring (bicyclic) bond motifs is 1. The monoisotopic (exact) mass is 340 g/mol. The number of piperazine rings is 1. The fourth-order valence-corrected chi connectivity index (χ4v) is 3.48. The molecule has 1 saturated heterocycles. The number of nitrogens with one attached hydrogen (secondary N) is 1. The van der Waals surface area contributed by atoms with Gasteiger partial charge in [-0.1, -0.05) is 11.6 Å². The number of pyridine rings is 1. The quantitative estimate of drug-likeness (QED) is 0.778. The van der Waals surface area contributed by atoms with Gasteiger partial charge in [0.1, 0.15) is 5.75 Å². The lowest BCUT2D eigenvalue weighted by Crippen LogP contribution is -2.46. The van der Waals surface area contributed by atoms with Crippen LogP contribution in [0.5, 0.6) is 5.75 Å². The molecule has 1 fully saturated rings. The Morgan fingerprint density at radius 2 is 1.58 bits per heavy atom. The summed E-state index contributed by atoms with van der Waals surface area (Å²) in [7, 11) is 0. The summed E-state index contributed by atoms with van der Waals surface area (Å²) in [5, 5.41) is 11.4. The van der Waals surface area contributed by atoms with Gasteiger partial charge in [0.15, 0.2) is 6.20 Å². The van der Waals surface area contributed by atoms with E-state index in [2.05, 4.69) is 26.9 Å². The number of phenolic OH excluding ortho intramolecular Hbond substituents is 1. The molecule has 0 bridgehead atoms. The first-order valence-electron chi connectivity index (χ1n) is 8.09. The summed E-state index contributed by atoms with van der Waals surface area (Å²) < 4.78 is 0. The van der Waals surface area contributed by atoms with Crippen LogP contribution in [0.1, 0.15) is 0 Å². The van der Waals surface area contributed by atoms with Crippen LogP contribution in [0, 0.1) is 0 Å². The van der Waals surface area contributed by atoms with Crippen molar-refractivity contribution in [1.82, 2.24) is 0 Å². The molecule has 1 aliphatic rings. The number of aromatic hydroxyl groups is 1. The van der Waals surface area contributed by atoms with Crippen LogP contribution >= 0.6 is 11.6 Å². The number of halogens is 1. The lowest BCUT2D eigenvalue weighted by atomic mass is 10.1. The van der Waals surface area contributed by atoms with Crippen molar-refractivity contribution in [3.8, 4) is 5.75 Å². The molecular formula is C19H19ClN3O+. The fourth-order valence-electron chi connectivity index (χ4n) is 3.30. The molecule has 0 spiro atoms.